The first-order chi connectivity index (χ1) is 12.3. The van der Waals surface area contributed by atoms with Gasteiger partial charge in [-0.25, -0.2) is 0 Å². The molecule has 25 heavy (non-hydrogen) atoms. The molecule has 2 rings (SSSR count). The summed E-state index contributed by atoms with van der Waals surface area (Å²) in [5, 5.41) is 6.68. The van der Waals surface area contributed by atoms with Gasteiger partial charge >= 0.3 is 0 Å². The fourth-order valence-electron chi connectivity index (χ4n) is 3.01. The molecule has 0 aliphatic carbocycles. The maximum Gasteiger partial charge on any atom is 0.191 e. The molecule has 1 fully saturated rings. The molecule has 1 aromatic carbocycles. The quantitative estimate of drug-likeness (QED) is 0.407. The molecule has 1 heterocycles. The fraction of sp³-hybridized carbons (Fsp3) is 0.632. The summed E-state index contributed by atoms with van der Waals surface area (Å²) in [5.74, 6) is 2.40. The van der Waals surface area contributed by atoms with Crippen LogP contribution in [0.2, 0.25) is 0 Å². The molecule has 0 saturated carbocycles. The zero-order valence-electron chi connectivity index (χ0n) is 15.8. The van der Waals surface area contributed by atoms with E-state index < -0.39 is 0 Å². The standard InChI is InChI=1S/C19H32N4O2/c1-4-20-19(21-10-6-12-24-2)22-14-16-9-11-23(15-16)17-7-5-8-18(13-17)25-3/h5,7-8,13,16H,4,6,9-12,14-15H2,1-3H3,(H2,20,21,22). The average molecular weight is 348 g/mol. The van der Waals surface area contributed by atoms with E-state index in [-0.39, 0.29) is 0 Å². The molecule has 1 atom stereocenters. The normalized spacial score (nSPS) is 17.6. The molecular formula is C19H32N4O2. The van der Waals surface area contributed by atoms with Crippen LogP contribution in [0.4, 0.5) is 5.69 Å². The Bertz CT molecular complexity index is 536. The zero-order chi connectivity index (χ0) is 17.9. The highest BCUT2D eigenvalue weighted by Crippen LogP contribution is 2.26. The van der Waals surface area contributed by atoms with Gasteiger partial charge < -0.3 is 25.0 Å². The van der Waals surface area contributed by atoms with Crippen LogP contribution in [0.5, 0.6) is 5.75 Å². The average Bonchev–Trinajstić information content (AvgIpc) is 3.12. The van der Waals surface area contributed by atoms with Crippen molar-refractivity contribution in [3.8, 4) is 5.75 Å². The van der Waals surface area contributed by atoms with Gasteiger partial charge in [-0.05, 0) is 37.8 Å². The Morgan fingerprint density at radius 1 is 1.32 bits per heavy atom. The van der Waals surface area contributed by atoms with Gasteiger partial charge in [0.25, 0.3) is 0 Å². The lowest BCUT2D eigenvalue weighted by atomic mass is 10.1. The number of benzene rings is 1. The van der Waals surface area contributed by atoms with E-state index in [0.29, 0.717) is 5.92 Å². The van der Waals surface area contributed by atoms with Gasteiger partial charge in [0.15, 0.2) is 5.96 Å². The van der Waals surface area contributed by atoms with Crippen LogP contribution in [0.25, 0.3) is 0 Å². The number of ether oxygens (including phenoxy) is 2. The smallest absolute Gasteiger partial charge is 0.191 e. The number of methoxy groups -OCH3 is 2. The van der Waals surface area contributed by atoms with Crippen LogP contribution in [0.3, 0.4) is 0 Å². The van der Waals surface area contributed by atoms with Gasteiger partial charge in [-0.15, -0.1) is 0 Å². The predicted molar refractivity (Wildman–Crippen MR) is 104 cm³/mol. The van der Waals surface area contributed by atoms with Gasteiger partial charge in [-0.3, -0.25) is 4.99 Å². The number of aliphatic imine (C=N–C) groups is 1. The predicted octanol–water partition coefficient (Wildman–Crippen LogP) is 2.11. The van der Waals surface area contributed by atoms with Crippen molar-refractivity contribution in [2.24, 2.45) is 10.9 Å². The second-order valence-electron chi connectivity index (χ2n) is 6.29. The first-order valence-electron chi connectivity index (χ1n) is 9.17. The van der Waals surface area contributed by atoms with E-state index in [4.69, 9.17) is 14.5 Å². The first-order valence-corrected chi connectivity index (χ1v) is 9.17. The second kappa shape index (κ2) is 10.8. The van der Waals surface area contributed by atoms with Crippen LogP contribution in [-0.4, -0.2) is 59.5 Å². The van der Waals surface area contributed by atoms with Crippen LogP contribution < -0.4 is 20.3 Å². The molecule has 1 aromatic rings. The molecule has 6 heteroatoms. The molecule has 0 amide bonds. The summed E-state index contributed by atoms with van der Waals surface area (Å²) in [4.78, 5) is 7.18. The highest BCUT2D eigenvalue weighted by molar-refractivity contribution is 5.79. The minimum absolute atomic E-state index is 0.584. The number of hydrogen-bond donors (Lipinski definition) is 2. The van der Waals surface area contributed by atoms with Crippen molar-refractivity contribution in [3.63, 3.8) is 0 Å². The highest BCUT2D eigenvalue weighted by Gasteiger charge is 2.22. The van der Waals surface area contributed by atoms with E-state index >= 15 is 0 Å². The maximum atomic E-state index is 5.33. The lowest BCUT2D eigenvalue weighted by Crippen LogP contribution is -2.38. The summed E-state index contributed by atoms with van der Waals surface area (Å²) in [5.41, 5.74) is 1.23. The molecule has 140 valence electrons. The maximum absolute atomic E-state index is 5.33. The Hall–Kier alpha value is -1.95. The molecule has 0 spiro atoms. The van der Waals surface area contributed by atoms with Gasteiger partial charge in [0.2, 0.25) is 0 Å². The van der Waals surface area contributed by atoms with Crippen molar-refractivity contribution >= 4 is 11.6 Å². The first kappa shape index (κ1) is 19.4. The minimum Gasteiger partial charge on any atom is -0.497 e. The summed E-state index contributed by atoms with van der Waals surface area (Å²) in [6.45, 7) is 7.57. The summed E-state index contributed by atoms with van der Waals surface area (Å²) in [6.07, 6.45) is 2.15. The Morgan fingerprint density at radius 2 is 2.20 bits per heavy atom. The van der Waals surface area contributed by atoms with Crippen LogP contribution in [-0.2, 0) is 4.74 Å². The summed E-state index contributed by atoms with van der Waals surface area (Å²) in [7, 11) is 3.44. The van der Waals surface area contributed by atoms with Gasteiger partial charge in [-0.1, -0.05) is 6.07 Å². The molecule has 0 aromatic heterocycles. The molecule has 1 saturated heterocycles. The molecule has 1 unspecified atom stereocenters. The Morgan fingerprint density at radius 3 is 2.96 bits per heavy atom. The summed E-state index contributed by atoms with van der Waals surface area (Å²) >= 11 is 0. The van der Waals surface area contributed by atoms with E-state index in [1.54, 1.807) is 14.2 Å². The van der Waals surface area contributed by atoms with E-state index in [1.165, 1.54) is 12.1 Å². The molecule has 2 N–H and O–H groups in total. The van der Waals surface area contributed by atoms with Gasteiger partial charge in [0.05, 0.1) is 7.11 Å². The summed E-state index contributed by atoms with van der Waals surface area (Å²) in [6, 6.07) is 8.29. The molecule has 1 aliphatic rings. The zero-order valence-corrected chi connectivity index (χ0v) is 15.8. The van der Waals surface area contributed by atoms with E-state index in [9.17, 15) is 0 Å². The number of nitrogens with zero attached hydrogens (tertiary/aromatic N) is 2. The topological polar surface area (TPSA) is 58.1 Å². The van der Waals surface area contributed by atoms with Crippen LogP contribution in [0.15, 0.2) is 29.3 Å². The van der Waals surface area contributed by atoms with Crippen molar-refractivity contribution in [1.82, 2.24) is 10.6 Å². The monoisotopic (exact) mass is 348 g/mol. The Balaban J connectivity index is 1.83. The van der Waals surface area contributed by atoms with Crippen LogP contribution >= 0.6 is 0 Å². The van der Waals surface area contributed by atoms with Gasteiger partial charge in [0.1, 0.15) is 5.75 Å². The molecule has 0 bridgehead atoms. The Kier molecular flexibility index (Phi) is 8.39. The van der Waals surface area contributed by atoms with E-state index in [2.05, 4.69) is 34.6 Å². The lowest BCUT2D eigenvalue weighted by molar-refractivity contribution is 0.195. The number of guanidine groups is 1. The lowest BCUT2D eigenvalue weighted by Gasteiger charge is -2.19. The third-order valence-electron chi connectivity index (χ3n) is 4.37. The second-order valence-corrected chi connectivity index (χ2v) is 6.29. The molecule has 1 aliphatic heterocycles. The van der Waals surface area contributed by atoms with Crippen molar-refractivity contribution in [1.29, 1.82) is 0 Å². The van der Waals surface area contributed by atoms with Crippen molar-refractivity contribution in [3.05, 3.63) is 24.3 Å². The number of rotatable bonds is 9. The third-order valence-corrected chi connectivity index (χ3v) is 4.37. The fourth-order valence-corrected chi connectivity index (χ4v) is 3.01. The molecular weight excluding hydrogens is 316 g/mol. The van der Waals surface area contributed by atoms with Gasteiger partial charge in [0, 0.05) is 58.2 Å². The number of hydrogen-bond acceptors (Lipinski definition) is 4. The van der Waals surface area contributed by atoms with E-state index in [1.807, 2.05) is 12.1 Å². The van der Waals surface area contributed by atoms with Crippen molar-refractivity contribution in [2.75, 3.05) is 58.5 Å². The Labute approximate surface area is 151 Å². The van der Waals surface area contributed by atoms with Crippen LogP contribution in [0, 0.1) is 5.92 Å². The van der Waals surface area contributed by atoms with Crippen molar-refractivity contribution < 1.29 is 9.47 Å². The van der Waals surface area contributed by atoms with E-state index in [0.717, 1.165) is 57.5 Å². The largest absolute Gasteiger partial charge is 0.497 e. The minimum atomic E-state index is 0.584. The molecule has 6 nitrogen and oxygen atoms in total. The highest BCUT2D eigenvalue weighted by atomic mass is 16.5. The third kappa shape index (κ3) is 6.46. The number of nitrogens with one attached hydrogen (secondary N) is 2. The van der Waals surface area contributed by atoms with Crippen LogP contribution in [0.1, 0.15) is 19.8 Å². The van der Waals surface area contributed by atoms with Crippen molar-refractivity contribution in [2.45, 2.75) is 19.8 Å². The molecule has 0 radical (unpaired) electrons. The number of anilines is 1. The van der Waals surface area contributed by atoms with Gasteiger partial charge in [-0.2, -0.15) is 0 Å². The summed E-state index contributed by atoms with van der Waals surface area (Å²) < 4.78 is 10.4. The SMILES string of the molecule is CCNC(=NCC1CCN(c2cccc(OC)c2)C1)NCCCOC.